The lowest BCUT2D eigenvalue weighted by Crippen LogP contribution is -2.34. The highest BCUT2D eigenvalue weighted by molar-refractivity contribution is 5.95. The molecule has 1 aromatic rings. The number of nitro groups is 1. The summed E-state index contributed by atoms with van der Waals surface area (Å²) in [5.41, 5.74) is 0.361. The first kappa shape index (κ1) is 14.3. The van der Waals surface area contributed by atoms with Crippen molar-refractivity contribution >= 4 is 17.3 Å². The Morgan fingerprint density at radius 1 is 1.50 bits per heavy atom. The molecule has 0 saturated heterocycles. The minimum absolute atomic E-state index is 0.00597. The first-order chi connectivity index (χ1) is 9.40. The molecule has 20 heavy (non-hydrogen) atoms. The molecule has 1 saturated carbocycles. The molecule has 0 bridgehead atoms. The number of carboxylic acids is 1. The zero-order valence-corrected chi connectivity index (χ0v) is 11.6. The van der Waals surface area contributed by atoms with Gasteiger partial charge in [0.2, 0.25) is 0 Å². The number of aromatic carboxylic acids is 1. The van der Waals surface area contributed by atoms with Gasteiger partial charge in [-0.1, -0.05) is 0 Å². The summed E-state index contributed by atoms with van der Waals surface area (Å²) < 4.78 is 0. The first-order valence-corrected chi connectivity index (χ1v) is 6.68. The van der Waals surface area contributed by atoms with Crippen LogP contribution in [-0.4, -0.2) is 28.6 Å². The van der Waals surface area contributed by atoms with E-state index in [1.165, 1.54) is 18.9 Å². The van der Waals surface area contributed by atoms with Gasteiger partial charge in [0.25, 0.3) is 5.69 Å². The van der Waals surface area contributed by atoms with Crippen LogP contribution in [0.5, 0.6) is 0 Å². The van der Waals surface area contributed by atoms with Crippen molar-refractivity contribution in [3.05, 3.63) is 33.9 Å². The van der Waals surface area contributed by atoms with Crippen molar-refractivity contribution in [3.63, 3.8) is 0 Å². The maximum absolute atomic E-state index is 11.4. The van der Waals surface area contributed by atoms with E-state index in [0.717, 1.165) is 12.6 Å². The van der Waals surface area contributed by atoms with E-state index in [1.807, 2.05) is 18.7 Å². The minimum atomic E-state index is -1.13. The quantitative estimate of drug-likeness (QED) is 0.639. The van der Waals surface area contributed by atoms with Gasteiger partial charge in [0.15, 0.2) is 0 Å². The predicted octanol–water partition coefficient (Wildman–Crippen LogP) is 2.92. The maximum Gasteiger partial charge on any atom is 0.338 e. The van der Waals surface area contributed by atoms with Crippen molar-refractivity contribution in [2.75, 3.05) is 11.4 Å². The van der Waals surface area contributed by atoms with Crippen LogP contribution in [-0.2, 0) is 0 Å². The van der Waals surface area contributed by atoms with Crippen LogP contribution in [0.2, 0.25) is 0 Å². The normalized spacial score (nSPS) is 14.3. The number of nitrogens with zero attached hydrogens (tertiary/aromatic N) is 2. The minimum Gasteiger partial charge on any atom is -0.478 e. The van der Waals surface area contributed by atoms with Crippen LogP contribution in [0.1, 0.15) is 37.0 Å². The summed E-state index contributed by atoms with van der Waals surface area (Å²) in [7, 11) is 0. The molecule has 1 aliphatic rings. The van der Waals surface area contributed by atoms with E-state index >= 15 is 0 Å². The molecule has 1 aliphatic carbocycles. The third-order valence-corrected chi connectivity index (χ3v) is 3.51. The number of hydrogen-bond acceptors (Lipinski definition) is 4. The molecule has 0 aliphatic heterocycles. The second kappa shape index (κ2) is 5.48. The molecule has 0 amide bonds. The van der Waals surface area contributed by atoms with E-state index in [0.29, 0.717) is 11.6 Å². The second-order valence-electron chi connectivity index (χ2n) is 5.45. The van der Waals surface area contributed by atoms with Gasteiger partial charge in [-0.25, -0.2) is 4.79 Å². The molecule has 108 valence electrons. The molecular formula is C14H18N2O4. The number of carboxylic acid groups (broad SMARTS) is 1. The molecule has 0 spiro atoms. The Kier molecular flexibility index (Phi) is 3.92. The molecule has 2 rings (SSSR count). The molecule has 0 radical (unpaired) electrons. The zero-order chi connectivity index (χ0) is 14.9. The fourth-order valence-corrected chi connectivity index (χ4v) is 2.23. The van der Waals surface area contributed by atoms with Crippen LogP contribution in [0.3, 0.4) is 0 Å². The smallest absolute Gasteiger partial charge is 0.338 e. The van der Waals surface area contributed by atoms with E-state index in [4.69, 9.17) is 0 Å². The van der Waals surface area contributed by atoms with Crippen LogP contribution in [0.15, 0.2) is 18.2 Å². The largest absolute Gasteiger partial charge is 0.478 e. The molecule has 1 aromatic carbocycles. The predicted molar refractivity (Wildman–Crippen MR) is 75.3 cm³/mol. The van der Waals surface area contributed by atoms with E-state index in [2.05, 4.69) is 0 Å². The van der Waals surface area contributed by atoms with E-state index < -0.39 is 10.9 Å². The van der Waals surface area contributed by atoms with Gasteiger partial charge in [0, 0.05) is 24.7 Å². The lowest BCUT2D eigenvalue weighted by Gasteiger charge is -2.30. The fourth-order valence-electron chi connectivity index (χ4n) is 2.23. The molecule has 0 heterocycles. The lowest BCUT2D eigenvalue weighted by atomic mass is 10.1. The summed E-state index contributed by atoms with van der Waals surface area (Å²) >= 11 is 0. The fraction of sp³-hybridized carbons (Fsp3) is 0.500. The number of non-ortho nitro benzene ring substituents is 1. The van der Waals surface area contributed by atoms with Crippen molar-refractivity contribution in [1.82, 2.24) is 0 Å². The zero-order valence-electron chi connectivity index (χ0n) is 11.6. The number of nitro benzene ring substituents is 1. The summed E-state index contributed by atoms with van der Waals surface area (Å²) in [6, 6.07) is 4.20. The van der Waals surface area contributed by atoms with Gasteiger partial charge < -0.3 is 10.0 Å². The highest BCUT2D eigenvalue weighted by Gasteiger charge is 2.28. The monoisotopic (exact) mass is 278 g/mol. The van der Waals surface area contributed by atoms with E-state index in [1.54, 1.807) is 6.07 Å². The average Bonchev–Trinajstić information content (AvgIpc) is 3.18. The Hall–Kier alpha value is -2.11. The third-order valence-electron chi connectivity index (χ3n) is 3.51. The summed E-state index contributed by atoms with van der Waals surface area (Å²) in [6.45, 7) is 4.79. The lowest BCUT2D eigenvalue weighted by molar-refractivity contribution is -0.384. The molecule has 0 aromatic heterocycles. The summed E-state index contributed by atoms with van der Waals surface area (Å²) in [4.78, 5) is 23.6. The maximum atomic E-state index is 11.4. The number of benzene rings is 1. The Balaban J connectivity index is 2.41. The standard InChI is InChI=1S/C14H18N2O4/c1-9(2)15(8-10-3-4-10)13-6-5-11(16(19)20)7-12(13)14(17)18/h5-7,9-10H,3-4,8H2,1-2H3,(H,17,18). The van der Waals surface area contributed by atoms with Gasteiger partial charge in [-0.15, -0.1) is 0 Å². The van der Waals surface area contributed by atoms with Gasteiger partial charge in [-0.3, -0.25) is 10.1 Å². The summed E-state index contributed by atoms with van der Waals surface area (Å²) in [6.07, 6.45) is 2.33. The second-order valence-corrected chi connectivity index (χ2v) is 5.45. The molecule has 6 heteroatoms. The molecule has 0 atom stereocenters. The summed E-state index contributed by atoms with van der Waals surface area (Å²) in [5.74, 6) is -0.528. The average molecular weight is 278 g/mol. The van der Waals surface area contributed by atoms with Crippen molar-refractivity contribution in [3.8, 4) is 0 Å². The van der Waals surface area contributed by atoms with E-state index in [9.17, 15) is 20.0 Å². The number of anilines is 1. The van der Waals surface area contributed by atoms with Crippen LogP contribution in [0.4, 0.5) is 11.4 Å². The number of hydrogen-bond donors (Lipinski definition) is 1. The Morgan fingerprint density at radius 3 is 2.60 bits per heavy atom. The number of carbonyl (C=O) groups is 1. The van der Waals surface area contributed by atoms with Gasteiger partial charge in [0.05, 0.1) is 16.2 Å². The van der Waals surface area contributed by atoms with Gasteiger partial charge >= 0.3 is 5.97 Å². The topological polar surface area (TPSA) is 83.7 Å². The molecule has 0 unspecified atom stereocenters. The Bertz CT molecular complexity index is 538. The highest BCUT2D eigenvalue weighted by Crippen LogP contribution is 2.34. The molecule has 1 fully saturated rings. The van der Waals surface area contributed by atoms with E-state index in [-0.39, 0.29) is 17.3 Å². The van der Waals surface area contributed by atoms with Gasteiger partial charge in [-0.2, -0.15) is 0 Å². The van der Waals surface area contributed by atoms with Crippen molar-refractivity contribution in [1.29, 1.82) is 0 Å². The summed E-state index contributed by atoms with van der Waals surface area (Å²) in [5, 5.41) is 20.1. The van der Waals surface area contributed by atoms with Crippen molar-refractivity contribution < 1.29 is 14.8 Å². The van der Waals surface area contributed by atoms with Gasteiger partial charge in [-0.05, 0) is 38.7 Å². The van der Waals surface area contributed by atoms with Crippen molar-refractivity contribution in [2.24, 2.45) is 5.92 Å². The molecular weight excluding hydrogens is 260 g/mol. The van der Waals surface area contributed by atoms with Crippen LogP contribution < -0.4 is 4.90 Å². The van der Waals surface area contributed by atoms with Crippen LogP contribution in [0, 0.1) is 16.0 Å². The van der Waals surface area contributed by atoms with Crippen LogP contribution in [0.25, 0.3) is 0 Å². The molecule has 1 N–H and O–H groups in total. The Morgan fingerprint density at radius 2 is 2.15 bits per heavy atom. The third kappa shape index (κ3) is 3.07. The SMILES string of the molecule is CC(C)N(CC1CC1)c1ccc([N+](=O)[O-])cc1C(=O)O. The number of rotatable bonds is 6. The van der Waals surface area contributed by atoms with Crippen LogP contribution >= 0.6 is 0 Å². The Labute approximate surface area is 117 Å². The molecule has 6 nitrogen and oxygen atoms in total. The highest BCUT2D eigenvalue weighted by atomic mass is 16.6. The van der Waals surface area contributed by atoms with Crippen molar-refractivity contribution in [2.45, 2.75) is 32.7 Å². The first-order valence-electron chi connectivity index (χ1n) is 6.68. The van der Waals surface area contributed by atoms with Gasteiger partial charge in [0.1, 0.15) is 0 Å².